The summed E-state index contributed by atoms with van der Waals surface area (Å²) in [5.41, 5.74) is 6.81. The molecular formula is C15H26N2O2S. The van der Waals surface area contributed by atoms with Crippen molar-refractivity contribution in [1.82, 2.24) is 4.72 Å². The first-order valence-electron chi connectivity index (χ1n) is 7.36. The van der Waals surface area contributed by atoms with E-state index in [1.165, 1.54) is 0 Å². The summed E-state index contributed by atoms with van der Waals surface area (Å²) in [6.45, 7) is 4.61. The maximum Gasteiger partial charge on any atom is 0.240 e. The molecule has 0 aromatic heterocycles. The lowest BCUT2D eigenvalue weighted by molar-refractivity contribution is 0.573. The number of nitrogens with two attached hydrogens (primary N) is 1. The van der Waals surface area contributed by atoms with Gasteiger partial charge < -0.3 is 5.73 Å². The quantitative estimate of drug-likeness (QED) is 0.688. The molecule has 1 aromatic carbocycles. The Labute approximate surface area is 122 Å². The van der Waals surface area contributed by atoms with Gasteiger partial charge in [-0.05, 0) is 30.5 Å². The third kappa shape index (κ3) is 5.23. The van der Waals surface area contributed by atoms with Gasteiger partial charge in [-0.2, -0.15) is 0 Å². The summed E-state index contributed by atoms with van der Waals surface area (Å²) in [7, 11) is -3.42. The van der Waals surface area contributed by atoms with Crippen molar-refractivity contribution in [3.05, 3.63) is 29.8 Å². The molecular weight excluding hydrogens is 272 g/mol. The normalized spacial score (nSPS) is 13.3. The van der Waals surface area contributed by atoms with Crippen LogP contribution in [-0.4, -0.2) is 15.0 Å². The van der Waals surface area contributed by atoms with Gasteiger partial charge in [-0.1, -0.05) is 45.2 Å². The molecule has 0 saturated carbocycles. The second-order valence-electron chi connectivity index (χ2n) is 5.05. The first-order valence-corrected chi connectivity index (χ1v) is 8.84. The number of nitrogens with one attached hydrogen (secondary N) is 1. The number of sulfonamides is 1. The topological polar surface area (TPSA) is 72.2 Å². The minimum absolute atomic E-state index is 0.116. The van der Waals surface area contributed by atoms with E-state index >= 15 is 0 Å². The zero-order valence-corrected chi connectivity index (χ0v) is 13.2. The largest absolute Gasteiger partial charge is 0.324 e. The van der Waals surface area contributed by atoms with Crippen LogP contribution in [0.25, 0.3) is 0 Å². The molecule has 20 heavy (non-hydrogen) atoms. The fraction of sp³-hybridized carbons (Fsp3) is 0.600. The number of benzene rings is 1. The van der Waals surface area contributed by atoms with Gasteiger partial charge in [0, 0.05) is 12.6 Å². The maximum absolute atomic E-state index is 12.2. The molecule has 1 atom stereocenters. The van der Waals surface area contributed by atoms with Crippen LogP contribution < -0.4 is 10.5 Å². The monoisotopic (exact) mass is 298 g/mol. The van der Waals surface area contributed by atoms with Gasteiger partial charge in [-0.15, -0.1) is 0 Å². The van der Waals surface area contributed by atoms with Crippen molar-refractivity contribution in [1.29, 1.82) is 0 Å². The summed E-state index contributed by atoms with van der Waals surface area (Å²) in [5.74, 6) is 0. The van der Waals surface area contributed by atoms with Gasteiger partial charge >= 0.3 is 0 Å². The minimum Gasteiger partial charge on any atom is -0.324 e. The van der Waals surface area contributed by atoms with Crippen molar-refractivity contribution in [2.24, 2.45) is 5.73 Å². The van der Waals surface area contributed by atoms with E-state index in [0.717, 1.165) is 37.7 Å². The van der Waals surface area contributed by atoms with Crippen molar-refractivity contribution in [2.45, 2.75) is 56.9 Å². The van der Waals surface area contributed by atoms with Crippen LogP contribution in [0.3, 0.4) is 0 Å². The molecule has 0 aliphatic carbocycles. The third-order valence-corrected chi connectivity index (χ3v) is 4.82. The lowest BCUT2D eigenvalue weighted by Gasteiger charge is -2.12. The maximum atomic E-state index is 12.2. The average Bonchev–Trinajstić information content (AvgIpc) is 2.46. The van der Waals surface area contributed by atoms with E-state index in [1.54, 1.807) is 18.2 Å². The van der Waals surface area contributed by atoms with Gasteiger partial charge in [0.2, 0.25) is 10.0 Å². The highest BCUT2D eigenvalue weighted by Gasteiger charge is 2.14. The van der Waals surface area contributed by atoms with Gasteiger partial charge in [0.05, 0.1) is 4.90 Å². The Morgan fingerprint density at radius 3 is 2.60 bits per heavy atom. The molecule has 0 bridgehead atoms. The highest BCUT2D eigenvalue weighted by molar-refractivity contribution is 7.89. The molecule has 5 heteroatoms. The van der Waals surface area contributed by atoms with Crippen LogP contribution in [0.15, 0.2) is 29.2 Å². The summed E-state index contributed by atoms with van der Waals surface area (Å²) in [5, 5.41) is 0. The smallest absolute Gasteiger partial charge is 0.240 e. The number of unbranched alkanes of at least 4 members (excludes halogenated alkanes) is 3. The summed E-state index contributed by atoms with van der Waals surface area (Å²) < 4.78 is 27.0. The van der Waals surface area contributed by atoms with Crippen LogP contribution in [0.5, 0.6) is 0 Å². The molecule has 0 heterocycles. The molecule has 0 fully saturated rings. The molecule has 1 aromatic rings. The van der Waals surface area contributed by atoms with Crippen LogP contribution in [-0.2, 0) is 10.0 Å². The summed E-state index contributed by atoms with van der Waals surface area (Å²) in [4.78, 5) is 0.300. The zero-order chi connectivity index (χ0) is 15.0. The Hall–Kier alpha value is -0.910. The number of hydrogen-bond acceptors (Lipinski definition) is 3. The van der Waals surface area contributed by atoms with E-state index in [-0.39, 0.29) is 6.04 Å². The van der Waals surface area contributed by atoms with E-state index < -0.39 is 10.0 Å². The minimum atomic E-state index is -3.42. The van der Waals surface area contributed by atoms with Gasteiger partial charge in [-0.3, -0.25) is 0 Å². The van der Waals surface area contributed by atoms with Gasteiger partial charge in [0.25, 0.3) is 0 Å². The molecule has 0 aliphatic heterocycles. The lowest BCUT2D eigenvalue weighted by Crippen LogP contribution is -2.25. The van der Waals surface area contributed by atoms with E-state index in [1.807, 2.05) is 13.0 Å². The number of hydrogen-bond donors (Lipinski definition) is 2. The Morgan fingerprint density at radius 2 is 1.95 bits per heavy atom. The van der Waals surface area contributed by atoms with Crippen molar-refractivity contribution < 1.29 is 8.42 Å². The summed E-state index contributed by atoms with van der Waals surface area (Å²) >= 11 is 0. The van der Waals surface area contributed by atoms with Crippen molar-refractivity contribution in [3.8, 4) is 0 Å². The van der Waals surface area contributed by atoms with Gasteiger partial charge in [0.1, 0.15) is 0 Å². The van der Waals surface area contributed by atoms with E-state index in [2.05, 4.69) is 11.6 Å². The molecule has 0 aliphatic rings. The second kappa shape index (κ2) is 8.39. The molecule has 1 unspecified atom stereocenters. The van der Waals surface area contributed by atoms with E-state index in [0.29, 0.717) is 11.4 Å². The van der Waals surface area contributed by atoms with Crippen LogP contribution in [0.4, 0.5) is 0 Å². The lowest BCUT2D eigenvalue weighted by atomic mass is 10.1. The predicted octanol–water partition coefficient (Wildman–Crippen LogP) is 2.96. The Balaban J connectivity index is 2.67. The fourth-order valence-corrected chi connectivity index (χ4v) is 3.12. The highest BCUT2D eigenvalue weighted by atomic mass is 32.2. The second-order valence-corrected chi connectivity index (χ2v) is 6.81. The Kier molecular flexibility index (Phi) is 7.19. The number of rotatable bonds is 9. The molecule has 0 saturated heterocycles. The molecule has 3 N–H and O–H groups in total. The average molecular weight is 298 g/mol. The fourth-order valence-electron chi connectivity index (χ4n) is 1.99. The molecule has 1 rings (SSSR count). The van der Waals surface area contributed by atoms with Crippen LogP contribution in [0, 0.1) is 0 Å². The third-order valence-electron chi connectivity index (χ3n) is 3.36. The van der Waals surface area contributed by atoms with Gasteiger partial charge in [0.15, 0.2) is 0 Å². The molecule has 0 amide bonds. The highest BCUT2D eigenvalue weighted by Crippen LogP contribution is 2.18. The zero-order valence-electron chi connectivity index (χ0n) is 12.4. The van der Waals surface area contributed by atoms with Gasteiger partial charge in [-0.25, -0.2) is 13.1 Å². The molecule has 0 spiro atoms. The summed E-state index contributed by atoms with van der Waals surface area (Å²) in [6.07, 6.45) is 5.00. The molecule has 4 nitrogen and oxygen atoms in total. The van der Waals surface area contributed by atoms with E-state index in [9.17, 15) is 8.42 Å². The van der Waals surface area contributed by atoms with Crippen molar-refractivity contribution in [3.63, 3.8) is 0 Å². The van der Waals surface area contributed by atoms with Crippen molar-refractivity contribution in [2.75, 3.05) is 6.54 Å². The standard InChI is InChI=1S/C15H26N2O2S/c1-3-5-6-7-11-17-20(18,19)14-10-8-9-13(12-14)15(16)4-2/h8-10,12,15,17H,3-7,11,16H2,1-2H3. The predicted molar refractivity (Wildman–Crippen MR) is 83.0 cm³/mol. The van der Waals surface area contributed by atoms with Crippen molar-refractivity contribution >= 4 is 10.0 Å². The van der Waals surface area contributed by atoms with E-state index in [4.69, 9.17) is 5.73 Å². The van der Waals surface area contributed by atoms with Crippen LogP contribution in [0.1, 0.15) is 57.6 Å². The first-order chi connectivity index (χ1) is 9.51. The molecule has 114 valence electrons. The summed E-state index contributed by atoms with van der Waals surface area (Å²) in [6, 6.07) is 6.78. The SMILES string of the molecule is CCCCCCNS(=O)(=O)c1cccc(C(N)CC)c1. The molecule has 0 radical (unpaired) electrons. The Bertz CT molecular complexity index is 500. The Morgan fingerprint density at radius 1 is 1.20 bits per heavy atom. The van der Waals surface area contributed by atoms with Crippen LogP contribution >= 0.6 is 0 Å². The first kappa shape index (κ1) is 17.1. The van der Waals surface area contributed by atoms with Crippen LogP contribution in [0.2, 0.25) is 0 Å².